The molecule has 1 amide bonds. The third kappa shape index (κ3) is 6.44. The first-order chi connectivity index (χ1) is 18.1. The fraction of sp³-hybridized carbons (Fsp3) is 0.321. The highest BCUT2D eigenvalue weighted by Gasteiger charge is 2.18. The Morgan fingerprint density at radius 1 is 1.11 bits per heavy atom. The molecule has 8 nitrogen and oxygen atoms in total. The fourth-order valence-electron chi connectivity index (χ4n) is 4.03. The number of hydrogen-bond donors (Lipinski definition) is 1. The Morgan fingerprint density at radius 3 is 2.53 bits per heavy atom. The van der Waals surface area contributed by atoms with Crippen LogP contribution in [0, 0.1) is 6.92 Å². The number of benzene rings is 2. The highest BCUT2D eigenvalue weighted by Crippen LogP contribution is 2.30. The van der Waals surface area contributed by atoms with Crippen LogP contribution in [0.2, 0.25) is 0 Å². The molecule has 0 saturated heterocycles. The summed E-state index contributed by atoms with van der Waals surface area (Å²) in [5.74, 6) is 0.397. The highest BCUT2D eigenvalue weighted by molar-refractivity contribution is 5.96. The number of carbonyl (C=O) groups is 1. The number of amides is 1. The lowest BCUT2D eigenvalue weighted by atomic mass is 9.96. The fourth-order valence-corrected chi connectivity index (χ4v) is 4.03. The molecule has 0 unspecified atom stereocenters. The van der Waals surface area contributed by atoms with Crippen LogP contribution in [0.5, 0.6) is 5.75 Å². The zero-order valence-corrected chi connectivity index (χ0v) is 22.2. The molecule has 0 fully saturated rings. The summed E-state index contributed by atoms with van der Waals surface area (Å²) in [6, 6.07) is 12.3. The molecular weight excluding hydrogens is 490 g/mol. The van der Waals surface area contributed by atoms with E-state index in [9.17, 15) is 13.6 Å². The molecule has 0 spiro atoms. The average molecular weight is 523 g/mol. The van der Waals surface area contributed by atoms with E-state index in [1.807, 2.05) is 76.4 Å². The third-order valence-corrected chi connectivity index (χ3v) is 6.21. The second-order valence-electron chi connectivity index (χ2n) is 9.53. The van der Waals surface area contributed by atoms with Gasteiger partial charge in [0.05, 0.1) is 17.9 Å². The largest absolute Gasteiger partial charge is 0.492 e. The van der Waals surface area contributed by atoms with Crippen LogP contribution >= 0.6 is 0 Å². The molecule has 4 aromatic rings. The Morgan fingerprint density at radius 2 is 1.87 bits per heavy atom. The minimum Gasteiger partial charge on any atom is -0.492 e. The summed E-state index contributed by atoms with van der Waals surface area (Å²) in [5.41, 5.74) is 4.93. The second kappa shape index (κ2) is 11.6. The van der Waals surface area contributed by atoms with Crippen molar-refractivity contribution in [2.75, 3.05) is 27.2 Å². The summed E-state index contributed by atoms with van der Waals surface area (Å²) in [6.07, 6.45) is 4.85. The SMILES string of the molecule is Cc1ccc(OCCN(C)C)cc1C(=O)N[C@H](C)c1cc(-c2cnn(C)c2)cc(-c2ccn(C(F)F)n2)c1. The van der Waals surface area contributed by atoms with Gasteiger partial charge < -0.3 is 15.0 Å². The molecule has 0 aliphatic rings. The number of nitrogens with zero attached hydrogens (tertiary/aromatic N) is 5. The van der Waals surface area contributed by atoms with Crippen LogP contribution in [0.1, 0.15) is 41.0 Å². The monoisotopic (exact) mass is 522 g/mol. The molecule has 2 aromatic heterocycles. The van der Waals surface area contributed by atoms with E-state index >= 15 is 0 Å². The zero-order chi connectivity index (χ0) is 27.4. The van der Waals surface area contributed by atoms with Gasteiger partial charge in [0.1, 0.15) is 12.4 Å². The van der Waals surface area contributed by atoms with Gasteiger partial charge in [0.15, 0.2) is 0 Å². The van der Waals surface area contributed by atoms with Gasteiger partial charge in [0.2, 0.25) is 0 Å². The number of rotatable bonds is 10. The normalized spacial score (nSPS) is 12.2. The number of carbonyl (C=O) groups excluding carboxylic acids is 1. The van der Waals surface area contributed by atoms with Gasteiger partial charge in [-0.05, 0) is 81.0 Å². The first-order valence-electron chi connectivity index (χ1n) is 12.3. The Kier molecular flexibility index (Phi) is 8.21. The molecule has 2 heterocycles. The molecule has 10 heteroatoms. The van der Waals surface area contributed by atoms with Crippen molar-refractivity contribution in [1.82, 2.24) is 29.8 Å². The van der Waals surface area contributed by atoms with Crippen molar-refractivity contribution in [1.29, 1.82) is 0 Å². The number of likely N-dealkylation sites (N-methyl/N-ethyl adjacent to an activating group) is 1. The number of halogens is 2. The number of aryl methyl sites for hydroxylation is 2. The lowest BCUT2D eigenvalue weighted by molar-refractivity contribution is 0.0568. The molecule has 1 atom stereocenters. The number of nitrogens with one attached hydrogen (secondary N) is 1. The van der Waals surface area contributed by atoms with E-state index in [2.05, 4.69) is 15.5 Å². The summed E-state index contributed by atoms with van der Waals surface area (Å²) in [5, 5.41) is 11.3. The van der Waals surface area contributed by atoms with E-state index in [1.165, 1.54) is 6.20 Å². The van der Waals surface area contributed by atoms with Crippen LogP contribution in [0.3, 0.4) is 0 Å². The zero-order valence-electron chi connectivity index (χ0n) is 22.2. The number of ether oxygens (including phenoxy) is 1. The number of hydrogen-bond acceptors (Lipinski definition) is 5. The Labute approximate surface area is 220 Å². The van der Waals surface area contributed by atoms with Crippen molar-refractivity contribution in [3.8, 4) is 28.1 Å². The van der Waals surface area contributed by atoms with Crippen LogP contribution in [-0.4, -0.2) is 57.6 Å². The van der Waals surface area contributed by atoms with Gasteiger partial charge in [-0.25, -0.2) is 4.68 Å². The van der Waals surface area contributed by atoms with Gasteiger partial charge >= 0.3 is 6.55 Å². The molecule has 4 rings (SSSR count). The maximum atomic E-state index is 13.3. The van der Waals surface area contributed by atoms with E-state index in [0.29, 0.717) is 33.9 Å². The molecule has 0 aliphatic heterocycles. The van der Waals surface area contributed by atoms with Crippen molar-refractivity contribution in [2.45, 2.75) is 26.4 Å². The van der Waals surface area contributed by atoms with Crippen molar-refractivity contribution >= 4 is 5.91 Å². The standard InChI is InChI=1S/C28H32F2N6O2/c1-18-6-7-24(38-11-10-34(3)4)15-25(18)27(37)32-19(2)20-12-21(23-16-31-35(5)17-23)14-22(13-20)26-8-9-36(33-26)28(29)30/h6-9,12-17,19,28H,10-11H2,1-5H3,(H,32,37)/t19-/m1/s1. The maximum absolute atomic E-state index is 13.3. The Bertz CT molecular complexity index is 1410. The van der Waals surface area contributed by atoms with E-state index in [1.54, 1.807) is 23.0 Å². The van der Waals surface area contributed by atoms with Gasteiger partial charge in [0.25, 0.3) is 5.91 Å². The number of aromatic nitrogens is 4. The lowest BCUT2D eigenvalue weighted by Gasteiger charge is -2.18. The van der Waals surface area contributed by atoms with Gasteiger partial charge in [-0.2, -0.15) is 19.0 Å². The van der Waals surface area contributed by atoms with Crippen LogP contribution in [-0.2, 0) is 7.05 Å². The quantitative estimate of drug-likeness (QED) is 0.314. The molecule has 38 heavy (non-hydrogen) atoms. The summed E-state index contributed by atoms with van der Waals surface area (Å²) in [7, 11) is 5.76. The van der Waals surface area contributed by atoms with E-state index in [4.69, 9.17) is 4.74 Å². The first-order valence-corrected chi connectivity index (χ1v) is 12.3. The molecule has 1 N–H and O–H groups in total. The second-order valence-corrected chi connectivity index (χ2v) is 9.53. The molecule has 0 bridgehead atoms. The van der Waals surface area contributed by atoms with Crippen LogP contribution in [0.15, 0.2) is 61.1 Å². The van der Waals surface area contributed by atoms with E-state index in [-0.39, 0.29) is 11.9 Å². The van der Waals surface area contributed by atoms with Gasteiger partial charge in [-0.15, -0.1) is 0 Å². The highest BCUT2D eigenvalue weighted by atomic mass is 19.3. The van der Waals surface area contributed by atoms with Crippen molar-refractivity contribution in [2.24, 2.45) is 7.05 Å². The summed E-state index contributed by atoms with van der Waals surface area (Å²) in [6.45, 7) is 2.31. The maximum Gasteiger partial charge on any atom is 0.333 e. The van der Waals surface area contributed by atoms with Crippen molar-refractivity contribution in [3.05, 3.63) is 77.7 Å². The topological polar surface area (TPSA) is 77.2 Å². The summed E-state index contributed by atoms with van der Waals surface area (Å²) < 4.78 is 34.4. The third-order valence-electron chi connectivity index (χ3n) is 6.21. The predicted molar refractivity (Wildman–Crippen MR) is 142 cm³/mol. The smallest absolute Gasteiger partial charge is 0.333 e. The molecule has 2 aromatic carbocycles. The first kappa shape index (κ1) is 27.0. The molecule has 0 saturated carbocycles. The van der Waals surface area contributed by atoms with Gasteiger partial charge in [-0.3, -0.25) is 9.48 Å². The summed E-state index contributed by atoms with van der Waals surface area (Å²) in [4.78, 5) is 15.3. The lowest BCUT2D eigenvalue weighted by Crippen LogP contribution is -2.27. The van der Waals surface area contributed by atoms with Crippen molar-refractivity contribution in [3.63, 3.8) is 0 Å². The minimum atomic E-state index is -2.73. The number of alkyl halides is 2. The minimum absolute atomic E-state index is 0.233. The van der Waals surface area contributed by atoms with Crippen molar-refractivity contribution < 1.29 is 18.3 Å². The van der Waals surface area contributed by atoms with Crippen LogP contribution in [0.25, 0.3) is 22.4 Å². The molecule has 200 valence electrons. The molecule has 0 radical (unpaired) electrons. The van der Waals surface area contributed by atoms with Gasteiger partial charge in [-0.1, -0.05) is 6.07 Å². The molecule has 0 aliphatic carbocycles. The Hall–Kier alpha value is -4.05. The van der Waals surface area contributed by atoms with E-state index < -0.39 is 6.55 Å². The van der Waals surface area contributed by atoms with Crippen LogP contribution in [0.4, 0.5) is 8.78 Å². The van der Waals surface area contributed by atoms with Gasteiger partial charge in [0, 0.05) is 42.7 Å². The van der Waals surface area contributed by atoms with E-state index in [0.717, 1.165) is 28.8 Å². The average Bonchev–Trinajstić information content (AvgIpc) is 3.54. The predicted octanol–water partition coefficient (Wildman–Crippen LogP) is 5.09. The van der Waals surface area contributed by atoms with Crippen LogP contribution < -0.4 is 10.1 Å². The summed E-state index contributed by atoms with van der Waals surface area (Å²) >= 11 is 0. The molecular formula is C28H32F2N6O2. The Balaban J connectivity index is 1.61.